The van der Waals surface area contributed by atoms with Crippen LogP contribution >= 0.6 is 22.6 Å². The molecule has 0 bridgehead atoms. The highest BCUT2D eigenvalue weighted by Crippen LogP contribution is 2.13. The molecule has 1 aromatic heterocycles. The molecule has 1 heterocycles. The highest BCUT2D eigenvalue weighted by Gasteiger charge is 2.02. The minimum Gasteiger partial charge on any atom is -0.207 e. The van der Waals surface area contributed by atoms with E-state index < -0.39 is 0 Å². The summed E-state index contributed by atoms with van der Waals surface area (Å²) in [5.74, 6) is 0.102. The number of nitrogens with zero attached hydrogens (tertiary/aromatic N) is 4. The predicted octanol–water partition coefficient (Wildman–Crippen LogP) is 1.68. The summed E-state index contributed by atoms with van der Waals surface area (Å²) in [4.78, 5) is 0. The normalized spacial score (nSPS) is 10.1. The highest BCUT2D eigenvalue weighted by molar-refractivity contribution is 14.1. The number of rotatable bonds is 1. The Morgan fingerprint density at radius 1 is 0.929 bits per heavy atom. The molecular weight excluding hydrogens is 298 g/mol. The fraction of sp³-hybridized carbons (Fsp3) is 0. The molecule has 2 rings (SSSR count). The maximum absolute atomic E-state index is 12.6. The van der Waals surface area contributed by atoms with Gasteiger partial charge in [0.05, 0.1) is 0 Å². The minimum atomic E-state index is -0.291. The van der Waals surface area contributed by atoms with Crippen LogP contribution in [0.25, 0.3) is 11.4 Å². The topological polar surface area (TPSA) is 51.6 Å². The van der Waals surface area contributed by atoms with Gasteiger partial charge in [0.1, 0.15) is 5.82 Å². The van der Waals surface area contributed by atoms with Crippen molar-refractivity contribution >= 4 is 22.6 Å². The van der Waals surface area contributed by atoms with Crippen LogP contribution in [0.1, 0.15) is 0 Å². The summed E-state index contributed by atoms with van der Waals surface area (Å²) < 4.78 is 13.1. The van der Waals surface area contributed by atoms with E-state index in [1.54, 1.807) is 12.1 Å². The maximum atomic E-state index is 12.6. The maximum Gasteiger partial charge on any atom is 0.232 e. The molecule has 0 amide bonds. The lowest BCUT2D eigenvalue weighted by Gasteiger charge is -1.96. The summed E-state index contributed by atoms with van der Waals surface area (Å²) in [6, 6.07) is 5.86. The van der Waals surface area contributed by atoms with E-state index in [2.05, 4.69) is 20.4 Å². The second-order valence-corrected chi connectivity index (χ2v) is 3.46. The fourth-order valence-corrected chi connectivity index (χ4v) is 1.15. The molecule has 70 valence electrons. The van der Waals surface area contributed by atoms with Crippen LogP contribution in [0.4, 0.5) is 4.39 Å². The zero-order chi connectivity index (χ0) is 9.97. The predicted molar refractivity (Wildman–Crippen MR) is 55.7 cm³/mol. The molecule has 0 aliphatic rings. The molecule has 0 aliphatic heterocycles. The van der Waals surface area contributed by atoms with Gasteiger partial charge in [-0.3, -0.25) is 0 Å². The van der Waals surface area contributed by atoms with Crippen molar-refractivity contribution in [3.05, 3.63) is 33.9 Å². The summed E-state index contributed by atoms with van der Waals surface area (Å²) >= 11 is 1.91. The zero-order valence-electron chi connectivity index (χ0n) is 6.85. The van der Waals surface area contributed by atoms with E-state index in [0.717, 1.165) is 0 Å². The lowest BCUT2D eigenvalue weighted by atomic mass is 10.2. The third-order valence-corrected chi connectivity index (χ3v) is 1.99. The van der Waals surface area contributed by atoms with E-state index in [1.807, 2.05) is 22.6 Å². The molecule has 14 heavy (non-hydrogen) atoms. The van der Waals surface area contributed by atoms with Crippen molar-refractivity contribution in [3.8, 4) is 11.4 Å². The van der Waals surface area contributed by atoms with Crippen LogP contribution in [0.5, 0.6) is 0 Å². The number of hydrogen-bond acceptors (Lipinski definition) is 4. The molecule has 0 N–H and O–H groups in total. The molecule has 6 heteroatoms. The lowest BCUT2D eigenvalue weighted by molar-refractivity contribution is 0.628. The Labute approximate surface area is 92.7 Å². The third kappa shape index (κ3) is 2.00. The van der Waals surface area contributed by atoms with E-state index in [1.165, 1.54) is 12.1 Å². The molecule has 2 aromatic rings. The van der Waals surface area contributed by atoms with Crippen molar-refractivity contribution in [2.45, 2.75) is 0 Å². The Morgan fingerprint density at radius 3 is 2.07 bits per heavy atom. The van der Waals surface area contributed by atoms with Gasteiger partial charge >= 0.3 is 0 Å². The first-order valence-corrected chi connectivity index (χ1v) is 4.82. The Hall–Kier alpha value is -1.18. The fourth-order valence-electron chi connectivity index (χ4n) is 0.932. The average Bonchev–Trinajstić information content (AvgIpc) is 2.21. The summed E-state index contributed by atoms with van der Waals surface area (Å²) in [5, 5.41) is 15.1. The summed E-state index contributed by atoms with van der Waals surface area (Å²) in [6.07, 6.45) is 0. The molecule has 0 fully saturated rings. The van der Waals surface area contributed by atoms with Crippen molar-refractivity contribution in [2.24, 2.45) is 0 Å². The van der Waals surface area contributed by atoms with Crippen LogP contribution in [-0.4, -0.2) is 20.4 Å². The summed E-state index contributed by atoms with van der Waals surface area (Å²) in [5.41, 5.74) is 0.697. The number of benzene rings is 1. The van der Waals surface area contributed by atoms with Crippen LogP contribution in [-0.2, 0) is 0 Å². The second-order valence-electron chi connectivity index (χ2n) is 2.50. The molecule has 0 radical (unpaired) electrons. The largest absolute Gasteiger partial charge is 0.232 e. The van der Waals surface area contributed by atoms with Gasteiger partial charge in [0.15, 0.2) is 0 Å². The first-order chi connectivity index (χ1) is 6.75. The van der Waals surface area contributed by atoms with E-state index in [4.69, 9.17) is 0 Å². The molecular formula is C8H4FIN4. The van der Waals surface area contributed by atoms with Crippen molar-refractivity contribution < 1.29 is 4.39 Å². The van der Waals surface area contributed by atoms with Gasteiger partial charge in [-0.15, -0.1) is 20.4 Å². The smallest absolute Gasteiger partial charge is 0.207 e. The molecule has 1 aromatic carbocycles. The van der Waals surface area contributed by atoms with Crippen LogP contribution in [0, 0.1) is 9.65 Å². The quantitative estimate of drug-likeness (QED) is 0.752. The summed E-state index contributed by atoms with van der Waals surface area (Å²) in [6.45, 7) is 0. The number of halogens is 2. The molecule has 0 atom stereocenters. The van der Waals surface area contributed by atoms with Gasteiger partial charge in [0.2, 0.25) is 9.66 Å². The molecule has 0 saturated carbocycles. The molecule has 0 aliphatic carbocycles. The zero-order valence-corrected chi connectivity index (χ0v) is 9.01. The van der Waals surface area contributed by atoms with Crippen LogP contribution in [0.15, 0.2) is 24.3 Å². The Bertz CT molecular complexity index is 385. The van der Waals surface area contributed by atoms with Crippen molar-refractivity contribution in [1.82, 2.24) is 20.4 Å². The number of hydrogen-bond donors (Lipinski definition) is 0. The monoisotopic (exact) mass is 302 g/mol. The van der Waals surface area contributed by atoms with Gasteiger partial charge in [-0.1, -0.05) is 0 Å². The number of aromatic nitrogens is 4. The van der Waals surface area contributed by atoms with Crippen molar-refractivity contribution in [2.75, 3.05) is 0 Å². The third-order valence-electron chi connectivity index (χ3n) is 1.56. The van der Waals surface area contributed by atoms with Crippen LogP contribution in [0.3, 0.4) is 0 Å². The minimum absolute atomic E-state index is 0.291. The van der Waals surface area contributed by atoms with E-state index in [-0.39, 0.29) is 5.82 Å². The average molecular weight is 302 g/mol. The Morgan fingerprint density at radius 2 is 1.50 bits per heavy atom. The standard InChI is InChI=1S/C8H4FIN4/c9-6-3-1-5(2-4-6)7-11-13-8(10)14-12-7/h1-4H. The van der Waals surface area contributed by atoms with Crippen molar-refractivity contribution in [1.29, 1.82) is 0 Å². The Balaban J connectivity index is 2.40. The van der Waals surface area contributed by atoms with E-state index >= 15 is 0 Å². The lowest BCUT2D eigenvalue weighted by Crippen LogP contribution is -1.98. The van der Waals surface area contributed by atoms with Gasteiger partial charge in [0.25, 0.3) is 0 Å². The Kier molecular flexibility index (Phi) is 2.62. The molecule has 0 spiro atoms. The van der Waals surface area contributed by atoms with Crippen LogP contribution < -0.4 is 0 Å². The SMILES string of the molecule is Fc1ccc(-c2nnc(I)nn2)cc1. The van der Waals surface area contributed by atoms with E-state index in [0.29, 0.717) is 15.2 Å². The van der Waals surface area contributed by atoms with Crippen LogP contribution in [0.2, 0.25) is 0 Å². The first-order valence-electron chi connectivity index (χ1n) is 3.74. The van der Waals surface area contributed by atoms with Gasteiger partial charge in [-0.2, -0.15) is 0 Å². The second kappa shape index (κ2) is 3.91. The van der Waals surface area contributed by atoms with E-state index in [9.17, 15) is 4.39 Å². The van der Waals surface area contributed by atoms with Crippen molar-refractivity contribution in [3.63, 3.8) is 0 Å². The van der Waals surface area contributed by atoms with Gasteiger partial charge in [-0.25, -0.2) is 4.39 Å². The highest BCUT2D eigenvalue weighted by atomic mass is 127. The summed E-state index contributed by atoms with van der Waals surface area (Å²) in [7, 11) is 0. The molecule has 0 saturated heterocycles. The van der Waals surface area contributed by atoms with Gasteiger partial charge in [0, 0.05) is 28.2 Å². The molecule has 0 unspecified atom stereocenters. The van der Waals surface area contributed by atoms with Gasteiger partial charge < -0.3 is 0 Å². The van der Waals surface area contributed by atoms with Gasteiger partial charge in [-0.05, 0) is 24.3 Å². The molecule has 4 nitrogen and oxygen atoms in total. The first kappa shape index (κ1) is 9.38.